The summed E-state index contributed by atoms with van der Waals surface area (Å²) in [5.41, 5.74) is 0. The zero-order chi connectivity index (χ0) is 11.3. The predicted octanol–water partition coefficient (Wildman–Crippen LogP) is 1.61. The number of nitrogens with one attached hydrogen (secondary N) is 1. The van der Waals surface area contributed by atoms with Gasteiger partial charge in [-0.25, -0.2) is 0 Å². The summed E-state index contributed by atoms with van der Waals surface area (Å²) >= 11 is 0. The molecule has 1 unspecified atom stereocenters. The van der Waals surface area contributed by atoms with Crippen LogP contribution in [0, 0.1) is 5.92 Å². The van der Waals surface area contributed by atoms with E-state index in [-0.39, 0.29) is 11.9 Å². The molecule has 1 aromatic heterocycles. The van der Waals surface area contributed by atoms with Crippen molar-refractivity contribution in [3.63, 3.8) is 0 Å². The summed E-state index contributed by atoms with van der Waals surface area (Å²) in [6, 6.07) is 1.59. The van der Waals surface area contributed by atoms with E-state index < -0.39 is 0 Å². The Morgan fingerprint density at radius 1 is 1.47 bits per heavy atom. The summed E-state index contributed by atoms with van der Waals surface area (Å²) in [4.78, 5) is 11.7. The zero-order valence-corrected chi connectivity index (χ0v) is 9.60. The predicted molar refractivity (Wildman–Crippen MR) is 59.4 cm³/mol. The van der Waals surface area contributed by atoms with Gasteiger partial charge in [0, 0.05) is 18.9 Å². The van der Waals surface area contributed by atoms with Gasteiger partial charge in [-0.3, -0.25) is 9.48 Å². The molecule has 0 aromatic carbocycles. The Bertz CT molecular complexity index is 293. The van der Waals surface area contributed by atoms with Crippen LogP contribution in [0.1, 0.15) is 33.2 Å². The minimum atomic E-state index is -0.229. The molecule has 0 fully saturated rings. The number of carbonyl (C=O) groups is 1. The average Bonchev–Trinajstić information content (AvgIpc) is 2.68. The zero-order valence-electron chi connectivity index (χ0n) is 9.60. The molecule has 0 aliphatic rings. The van der Waals surface area contributed by atoms with E-state index in [0.717, 1.165) is 13.0 Å². The SMILES string of the molecule is CC(C)CCNC(=O)C(C)n1cccn1. The highest BCUT2D eigenvalue weighted by Gasteiger charge is 2.13. The quantitative estimate of drug-likeness (QED) is 0.800. The third-order valence-electron chi connectivity index (χ3n) is 2.32. The maximum Gasteiger partial charge on any atom is 0.244 e. The Morgan fingerprint density at radius 2 is 2.20 bits per heavy atom. The molecule has 1 amide bonds. The van der Waals surface area contributed by atoms with Gasteiger partial charge in [0.25, 0.3) is 0 Å². The molecule has 1 atom stereocenters. The van der Waals surface area contributed by atoms with Crippen LogP contribution in [-0.2, 0) is 4.79 Å². The van der Waals surface area contributed by atoms with Gasteiger partial charge in [0.05, 0.1) is 0 Å². The van der Waals surface area contributed by atoms with Crippen molar-refractivity contribution in [2.45, 2.75) is 33.2 Å². The summed E-state index contributed by atoms with van der Waals surface area (Å²) in [5, 5.41) is 6.94. The van der Waals surface area contributed by atoms with Crippen molar-refractivity contribution >= 4 is 5.91 Å². The highest BCUT2D eigenvalue weighted by atomic mass is 16.2. The first-order chi connectivity index (χ1) is 7.11. The average molecular weight is 209 g/mol. The Hall–Kier alpha value is -1.32. The fraction of sp³-hybridized carbons (Fsp3) is 0.636. The molecular weight excluding hydrogens is 190 g/mol. The Balaban J connectivity index is 2.34. The van der Waals surface area contributed by atoms with Crippen molar-refractivity contribution in [3.05, 3.63) is 18.5 Å². The molecule has 15 heavy (non-hydrogen) atoms. The molecule has 0 saturated carbocycles. The molecule has 0 aliphatic heterocycles. The van der Waals surface area contributed by atoms with Crippen LogP contribution in [0.5, 0.6) is 0 Å². The van der Waals surface area contributed by atoms with E-state index >= 15 is 0 Å². The molecular formula is C11H19N3O. The van der Waals surface area contributed by atoms with E-state index in [0.29, 0.717) is 5.92 Å². The summed E-state index contributed by atoms with van der Waals surface area (Å²) < 4.78 is 1.66. The molecule has 0 aliphatic carbocycles. The topological polar surface area (TPSA) is 46.9 Å². The lowest BCUT2D eigenvalue weighted by Gasteiger charge is -2.13. The molecule has 4 nitrogen and oxygen atoms in total. The number of hydrogen-bond acceptors (Lipinski definition) is 2. The van der Waals surface area contributed by atoms with Crippen LogP contribution in [0.2, 0.25) is 0 Å². The van der Waals surface area contributed by atoms with Gasteiger partial charge >= 0.3 is 0 Å². The molecule has 84 valence electrons. The van der Waals surface area contributed by atoms with Crippen molar-refractivity contribution in [2.75, 3.05) is 6.54 Å². The number of aromatic nitrogens is 2. The first-order valence-corrected chi connectivity index (χ1v) is 5.38. The highest BCUT2D eigenvalue weighted by Crippen LogP contribution is 2.03. The molecule has 1 aromatic rings. The Kier molecular flexibility index (Phi) is 4.34. The third kappa shape index (κ3) is 3.73. The van der Waals surface area contributed by atoms with Gasteiger partial charge in [-0.05, 0) is 25.3 Å². The number of rotatable bonds is 5. The van der Waals surface area contributed by atoms with E-state index in [9.17, 15) is 4.79 Å². The van der Waals surface area contributed by atoms with E-state index in [4.69, 9.17) is 0 Å². The van der Waals surface area contributed by atoms with E-state index in [2.05, 4.69) is 24.3 Å². The van der Waals surface area contributed by atoms with Crippen molar-refractivity contribution in [1.29, 1.82) is 0 Å². The van der Waals surface area contributed by atoms with Crippen LogP contribution in [0.25, 0.3) is 0 Å². The van der Waals surface area contributed by atoms with Gasteiger partial charge in [-0.15, -0.1) is 0 Å². The van der Waals surface area contributed by atoms with Crippen LogP contribution in [0.15, 0.2) is 18.5 Å². The van der Waals surface area contributed by atoms with Gasteiger partial charge in [0.15, 0.2) is 0 Å². The normalized spacial score (nSPS) is 12.8. The Labute approximate surface area is 90.7 Å². The number of amides is 1. The van der Waals surface area contributed by atoms with Gasteiger partial charge in [0.2, 0.25) is 5.91 Å². The molecule has 4 heteroatoms. The fourth-order valence-electron chi connectivity index (χ4n) is 1.26. The lowest BCUT2D eigenvalue weighted by Crippen LogP contribution is -2.32. The molecule has 0 spiro atoms. The monoisotopic (exact) mass is 209 g/mol. The Morgan fingerprint density at radius 3 is 2.73 bits per heavy atom. The standard InChI is InChI=1S/C11H19N3O/c1-9(2)5-7-12-11(15)10(3)14-8-4-6-13-14/h4,6,8-10H,5,7H2,1-3H3,(H,12,15). The van der Waals surface area contributed by atoms with Gasteiger partial charge < -0.3 is 5.32 Å². The molecule has 0 radical (unpaired) electrons. The summed E-state index contributed by atoms with van der Waals surface area (Å²) in [6.45, 7) is 6.87. The second-order valence-corrected chi connectivity index (χ2v) is 4.14. The summed E-state index contributed by atoms with van der Waals surface area (Å²) in [5.74, 6) is 0.643. The van der Waals surface area contributed by atoms with Crippen LogP contribution >= 0.6 is 0 Å². The number of hydrogen-bond donors (Lipinski definition) is 1. The largest absolute Gasteiger partial charge is 0.354 e. The lowest BCUT2D eigenvalue weighted by molar-refractivity contribution is -0.124. The molecule has 0 bridgehead atoms. The molecule has 1 N–H and O–H groups in total. The smallest absolute Gasteiger partial charge is 0.244 e. The fourth-order valence-corrected chi connectivity index (χ4v) is 1.26. The van der Waals surface area contributed by atoms with Crippen LogP contribution < -0.4 is 5.32 Å². The minimum Gasteiger partial charge on any atom is -0.354 e. The number of carbonyl (C=O) groups excluding carboxylic acids is 1. The van der Waals surface area contributed by atoms with Crippen LogP contribution in [0.3, 0.4) is 0 Å². The molecule has 1 heterocycles. The van der Waals surface area contributed by atoms with Gasteiger partial charge in [0.1, 0.15) is 6.04 Å². The summed E-state index contributed by atoms with van der Waals surface area (Å²) in [6.07, 6.45) is 4.49. The molecule has 1 rings (SSSR count). The molecule has 0 saturated heterocycles. The maximum absolute atomic E-state index is 11.7. The first kappa shape index (κ1) is 11.8. The lowest BCUT2D eigenvalue weighted by atomic mass is 10.1. The minimum absolute atomic E-state index is 0.0272. The van der Waals surface area contributed by atoms with Crippen LogP contribution in [0.4, 0.5) is 0 Å². The van der Waals surface area contributed by atoms with Crippen molar-refractivity contribution in [1.82, 2.24) is 15.1 Å². The first-order valence-electron chi connectivity index (χ1n) is 5.38. The van der Waals surface area contributed by atoms with E-state index in [1.165, 1.54) is 0 Å². The van der Waals surface area contributed by atoms with Gasteiger partial charge in [-0.2, -0.15) is 5.10 Å². The second kappa shape index (κ2) is 5.53. The maximum atomic E-state index is 11.7. The van der Waals surface area contributed by atoms with Crippen molar-refractivity contribution in [3.8, 4) is 0 Å². The highest BCUT2D eigenvalue weighted by molar-refractivity contribution is 5.79. The number of nitrogens with zero attached hydrogens (tertiary/aromatic N) is 2. The summed E-state index contributed by atoms with van der Waals surface area (Å²) in [7, 11) is 0. The van der Waals surface area contributed by atoms with E-state index in [1.807, 2.05) is 13.0 Å². The van der Waals surface area contributed by atoms with E-state index in [1.54, 1.807) is 17.1 Å². The van der Waals surface area contributed by atoms with Crippen molar-refractivity contribution in [2.24, 2.45) is 5.92 Å². The van der Waals surface area contributed by atoms with Crippen molar-refractivity contribution < 1.29 is 4.79 Å². The van der Waals surface area contributed by atoms with Crippen LogP contribution in [-0.4, -0.2) is 22.2 Å². The van der Waals surface area contributed by atoms with Gasteiger partial charge in [-0.1, -0.05) is 13.8 Å². The third-order valence-corrected chi connectivity index (χ3v) is 2.32. The second-order valence-electron chi connectivity index (χ2n) is 4.14.